The van der Waals surface area contributed by atoms with E-state index in [1.165, 1.54) is 5.56 Å². The molecule has 1 aromatic carbocycles. The molecule has 0 fully saturated rings. The fraction of sp³-hybridized carbons (Fsp3) is 0.200. The summed E-state index contributed by atoms with van der Waals surface area (Å²) in [4.78, 5) is 3.92. The zero-order valence-electron chi connectivity index (χ0n) is 10.3. The Labute approximate surface area is 112 Å². The van der Waals surface area contributed by atoms with Gasteiger partial charge in [0.25, 0.3) is 0 Å². The van der Waals surface area contributed by atoms with Crippen LogP contribution in [0, 0.1) is 11.3 Å². The van der Waals surface area contributed by atoms with Crippen molar-refractivity contribution in [2.75, 3.05) is 0 Å². The first-order valence-electron chi connectivity index (χ1n) is 5.78. The molecule has 0 atom stereocenters. The van der Waals surface area contributed by atoms with Crippen LogP contribution < -0.4 is 0 Å². The lowest BCUT2D eigenvalue weighted by Gasteiger charge is -2.08. The minimum Gasteiger partial charge on any atom is -0.243 e. The number of hydrogen-bond acceptors (Lipinski definition) is 2. The van der Waals surface area contributed by atoms with Gasteiger partial charge in [-0.3, -0.25) is 0 Å². The molecule has 1 aromatic heterocycles. The van der Waals surface area contributed by atoms with Crippen LogP contribution in [0.1, 0.15) is 30.9 Å². The first-order chi connectivity index (χ1) is 8.63. The number of nitriles is 1. The monoisotopic (exact) mass is 256 g/mol. The van der Waals surface area contributed by atoms with Gasteiger partial charge in [-0.15, -0.1) is 0 Å². The van der Waals surface area contributed by atoms with Crippen molar-refractivity contribution >= 4 is 11.6 Å². The molecule has 18 heavy (non-hydrogen) atoms. The summed E-state index contributed by atoms with van der Waals surface area (Å²) in [6.07, 6.45) is 1.62. The van der Waals surface area contributed by atoms with E-state index in [4.69, 9.17) is 16.9 Å². The van der Waals surface area contributed by atoms with Crippen LogP contribution in [0.2, 0.25) is 5.15 Å². The van der Waals surface area contributed by atoms with E-state index in [1.807, 2.05) is 18.2 Å². The highest BCUT2D eigenvalue weighted by atomic mass is 35.5. The van der Waals surface area contributed by atoms with Crippen molar-refractivity contribution in [3.8, 4) is 17.2 Å². The molecular weight excluding hydrogens is 244 g/mol. The van der Waals surface area contributed by atoms with Gasteiger partial charge in [0.15, 0.2) is 0 Å². The number of hydrogen-bond donors (Lipinski definition) is 0. The molecule has 90 valence electrons. The summed E-state index contributed by atoms with van der Waals surface area (Å²) in [5, 5.41) is 9.38. The lowest BCUT2D eigenvalue weighted by molar-refractivity contribution is 0.867. The third-order valence-electron chi connectivity index (χ3n) is 2.90. The Balaban J connectivity index is 2.50. The van der Waals surface area contributed by atoms with Crippen LogP contribution in [-0.2, 0) is 0 Å². The van der Waals surface area contributed by atoms with Gasteiger partial charge in [0.1, 0.15) is 11.2 Å². The van der Waals surface area contributed by atoms with Crippen LogP contribution in [0.4, 0.5) is 0 Å². The van der Waals surface area contributed by atoms with Gasteiger partial charge in [-0.1, -0.05) is 49.7 Å². The zero-order chi connectivity index (χ0) is 13.1. The fourth-order valence-corrected chi connectivity index (χ4v) is 2.03. The van der Waals surface area contributed by atoms with E-state index in [0.717, 1.165) is 11.1 Å². The Hall–Kier alpha value is -1.85. The van der Waals surface area contributed by atoms with E-state index < -0.39 is 0 Å². The molecule has 0 N–H and O–H groups in total. The van der Waals surface area contributed by atoms with E-state index in [2.05, 4.69) is 37.0 Å². The second kappa shape index (κ2) is 5.20. The summed E-state index contributed by atoms with van der Waals surface area (Å²) in [5.74, 6) is 0.496. The highest BCUT2D eigenvalue weighted by molar-refractivity contribution is 6.30. The van der Waals surface area contributed by atoms with Gasteiger partial charge in [0.2, 0.25) is 0 Å². The molecule has 0 aliphatic heterocycles. The Morgan fingerprint density at radius 2 is 1.83 bits per heavy atom. The maximum absolute atomic E-state index is 9.13. The number of halogens is 1. The molecule has 2 aromatic rings. The van der Waals surface area contributed by atoms with Crippen LogP contribution in [-0.4, -0.2) is 4.98 Å². The van der Waals surface area contributed by atoms with Crippen molar-refractivity contribution in [3.63, 3.8) is 0 Å². The molecule has 0 aliphatic rings. The van der Waals surface area contributed by atoms with Crippen LogP contribution in [0.25, 0.3) is 11.1 Å². The summed E-state index contributed by atoms with van der Waals surface area (Å²) >= 11 is 5.93. The summed E-state index contributed by atoms with van der Waals surface area (Å²) in [7, 11) is 0. The Kier molecular flexibility index (Phi) is 3.64. The number of nitrogens with zero attached hydrogens (tertiary/aromatic N) is 2. The van der Waals surface area contributed by atoms with E-state index in [0.29, 0.717) is 11.5 Å². The number of aromatic nitrogens is 1. The first kappa shape index (κ1) is 12.6. The molecule has 0 amide bonds. The highest BCUT2D eigenvalue weighted by Gasteiger charge is 2.09. The van der Waals surface area contributed by atoms with Crippen LogP contribution in [0.3, 0.4) is 0 Å². The summed E-state index contributed by atoms with van der Waals surface area (Å²) in [5.41, 5.74) is 3.52. The Morgan fingerprint density at radius 3 is 2.39 bits per heavy atom. The van der Waals surface area contributed by atoms with Gasteiger partial charge in [0.05, 0.1) is 5.56 Å². The summed E-state index contributed by atoms with van der Waals surface area (Å²) < 4.78 is 0. The summed E-state index contributed by atoms with van der Waals surface area (Å²) in [6, 6.07) is 12.1. The zero-order valence-corrected chi connectivity index (χ0v) is 11.1. The van der Waals surface area contributed by atoms with Gasteiger partial charge in [-0.05, 0) is 23.1 Å². The molecule has 0 saturated carbocycles. The molecule has 0 aliphatic carbocycles. The Bertz CT molecular complexity index is 595. The second-order valence-corrected chi connectivity index (χ2v) is 4.77. The van der Waals surface area contributed by atoms with Crippen molar-refractivity contribution in [2.45, 2.75) is 19.8 Å². The molecule has 0 radical (unpaired) electrons. The molecule has 0 saturated heterocycles. The molecule has 3 heteroatoms. The van der Waals surface area contributed by atoms with Crippen LogP contribution in [0.15, 0.2) is 36.5 Å². The van der Waals surface area contributed by atoms with Crippen molar-refractivity contribution in [3.05, 3.63) is 52.8 Å². The van der Waals surface area contributed by atoms with Gasteiger partial charge >= 0.3 is 0 Å². The molecule has 2 rings (SSSR count). The number of rotatable bonds is 2. The van der Waals surface area contributed by atoms with E-state index in [9.17, 15) is 0 Å². The molecule has 1 heterocycles. The van der Waals surface area contributed by atoms with Crippen molar-refractivity contribution in [1.82, 2.24) is 4.98 Å². The van der Waals surface area contributed by atoms with Crippen LogP contribution in [0.5, 0.6) is 0 Å². The normalized spacial score (nSPS) is 10.4. The van der Waals surface area contributed by atoms with Gasteiger partial charge in [0, 0.05) is 11.8 Å². The predicted octanol–water partition coefficient (Wildman–Crippen LogP) is 4.40. The minimum atomic E-state index is 0.253. The number of benzene rings is 1. The SMILES string of the molecule is CC(C)c1ccc(-c2ccnc(Cl)c2C#N)cc1. The van der Waals surface area contributed by atoms with Crippen molar-refractivity contribution in [2.24, 2.45) is 0 Å². The topological polar surface area (TPSA) is 36.7 Å². The largest absolute Gasteiger partial charge is 0.243 e. The maximum atomic E-state index is 9.13. The minimum absolute atomic E-state index is 0.253. The Morgan fingerprint density at radius 1 is 1.17 bits per heavy atom. The predicted molar refractivity (Wildman–Crippen MR) is 73.5 cm³/mol. The van der Waals surface area contributed by atoms with Crippen molar-refractivity contribution in [1.29, 1.82) is 5.26 Å². The lowest BCUT2D eigenvalue weighted by atomic mass is 9.97. The lowest BCUT2D eigenvalue weighted by Crippen LogP contribution is -1.90. The second-order valence-electron chi connectivity index (χ2n) is 4.41. The molecular formula is C15H13ClN2. The van der Waals surface area contributed by atoms with E-state index in [-0.39, 0.29) is 5.15 Å². The van der Waals surface area contributed by atoms with Crippen molar-refractivity contribution < 1.29 is 0 Å². The third-order valence-corrected chi connectivity index (χ3v) is 3.19. The maximum Gasteiger partial charge on any atom is 0.147 e. The van der Waals surface area contributed by atoms with Gasteiger partial charge < -0.3 is 0 Å². The standard InChI is InChI=1S/C15H13ClN2/c1-10(2)11-3-5-12(6-4-11)13-7-8-18-15(16)14(13)9-17/h3-8,10H,1-2H3. The highest BCUT2D eigenvalue weighted by Crippen LogP contribution is 2.28. The van der Waals surface area contributed by atoms with E-state index >= 15 is 0 Å². The first-order valence-corrected chi connectivity index (χ1v) is 6.16. The average Bonchev–Trinajstić information content (AvgIpc) is 2.38. The molecule has 2 nitrogen and oxygen atoms in total. The smallest absolute Gasteiger partial charge is 0.147 e. The van der Waals surface area contributed by atoms with E-state index in [1.54, 1.807) is 6.20 Å². The average molecular weight is 257 g/mol. The molecule has 0 spiro atoms. The molecule has 0 bridgehead atoms. The number of pyridine rings is 1. The van der Waals surface area contributed by atoms with Crippen LogP contribution >= 0.6 is 11.6 Å². The fourth-order valence-electron chi connectivity index (χ4n) is 1.83. The van der Waals surface area contributed by atoms with Gasteiger partial charge in [-0.25, -0.2) is 4.98 Å². The summed E-state index contributed by atoms with van der Waals surface area (Å²) in [6.45, 7) is 4.30. The third kappa shape index (κ3) is 2.37. The molecule has 0 unspecified atom stereocenters. The van der Waals surface area contributed by atoms with Gasteiger partial charge in [-0.2, -0.15) is 5.26 Å². The quantitative estimate of drug-likeness (QED) is 0.747.